The van der Waals surface area contributed by atoms with Crippen molar-refractivity contribution in [2.75, 3.05) is 7.05 Å². The van der Waals surface area contributed by atoms with Gasteiger partial charge in [0.25, 0.3) is 5.19 Å². The minimum Gasteiger partial charge on any atom is -0.430 e. The number of rotatable bonds is 4. The van der Waals surface area contributed by atoms with Gasteiger partial charge in [0.05, 0.1) is 0 Å². The third-order valence-electron chi connectivity index (χ3n) is 2.16. The van der Waals surface area contributed by atoms with Gasteiger partial charge in [0.2, 0.25) is 5.01 Å². The second-order valence-electron chi connectivity index (χ2n) is 3.65. The van der Waals surface area contributed by atoms with Gasteiger partial charge in [0.15, 0.2) is 0 Å². The number of aromatic nitrogens is 2. The zero-order valence-electron chi connectivity index (χ0n) is 9.86. The van der Waals surface area contributed by atoms with Crippen LogP contribution in [0.1, 0.15) is 10.6 Å². The molecule has 1 aromatic carbocycles. The van der Waals surface area contributed by atoms with Crippen LogP contribution >= 0.6 is 11.3 Å². The van der Waals surface area contributed by atoms with Crippen molar-refractivity contribution in [1.82, 2.24) is 15.5 Å². The summed E-state index contributed by atoms with van der Waals surface area (Å²) in [5.74, 6) is 0.421. The van der Waals surface area contributed by atoms with E-state index in [1.54, 1.807) is 12.1 Å². The molecule has 0 radical (unpaired) electrons. The normalized spacial score (nSPS) is 11.6. The Labute approximate surface area is 111 Å². The van der Waals surface area contributed by atoms with Crippen LogP contribution in [0.2, 0.25) is 0 Å². The first kappa shape index (κ1) is 13.8. The molecule has 0 unspecified atom stereocenters. The molecule has 1 aromatic heterocycles. The van der Waals surface area contributed by atoms with Crippen molar-refractivity contribution in [3.05, 3.63) is 34.8 Å². The summed E-state index contributed by atoms with van der Waals surface area (Å²) in [5.41, 5.74) is 1.04. The molecule has 0 fully saturated rings. The van der Waals surface area contributed by atoms with E-state index in [1.807, 2.05) is 19.2 Å². The van der Waals surface area contributed by atoms with E-state index in [0.717, 1.165) is 5.56 Å². The van der Waals surface area contributed by atoms with E-state index in [1.165, 1.54) is 0 Å². The summed E-state index contributed by atoms with van der Waals surface area (Å²) in [6.07, 6.45) is -4.49. The number of hydrogen-bond acceptors (Lipinski definition) is 5. The Morgan fingerprint density at radius 2 is 1.89 bits per heavy atom. The molecule has 0 amide bonds. The maximum Gasteiger partial charge on any atom is 0.445 e. The summed E-state index contributed by atoms with van der Waals surface area (Å²) in [6, 6.07) is 6.97. The number of alkyl halides is 3. The molecule has 2 aromatic rings. The van der Waals surface area contributed by atoms with Gasteiger partial charge in [-0.2, -0.15) is 13.2 Å². The standard InChI is InChI=1S/C11H10F3N3OS/c1-15-6-7-2-4-8(5-3-7)18-10-17-16-9(19-10)11(12,13)14/h2-5,15H,6H2,1H3. The molecule has 1 N–H and O–H groups in total. The molecule has 0 aliphatic carbocycles. The quantitative estimate of drug-likeness (QED) is 0.939. The fourth-order valence-corrected chi connectivity index (χ4v) is 1.93. The highest BCUT2D eigenvalue weighted by Gasteiger charge is 2.36. The van der Waals surface area contributed by atoms with Gasteiger partial charge >= 0.3 is 6.18 Å². The summed E-state index contributed by atoms with van der Waals surface area (Å²) in [7, 11) is 1.82. The lowest BCUT2D eigenvalue weighted by Crippen LogP contribution is -2.04. The molecule has 0 aliphatic rings. The Morgan fingerprint density at radius 3 is 2.42 bits per heavy atom. The van der Waals surface area contributed by atoms with Crippen LogP contribution in [-0.4, -0.2) is 17.2 Å². The average Bonchev–Trinajstić information content (AvgIpc) is 2.80. The molecular weight excluding hydrogens is 279 g/mol. The van der Waals surface area contributed by atoms with Gasteiger partial charge in [-0.05, 0) is 24.7 Å². The third-order valence-corrected chi connectivity index (χ3v) is 3.00. The Hall–Kier alpha value is -1.67. The molecular formula is C11H10F3N3OS. The van der Waals surface area contributed by atoms with E-state index in [4.69, 9.17) is 4.74 Å². The minimum atomic E-state index is -4.49. The summed E-state index contributed by atoms with van der Waals surface area (Å²) < 4.78 is 42.2. The highest BCUT2D eigenvalue weighted by Crippen LogP contribution is 2.35. The number of ether oxygens (including phenoxy) is 1. The number of nitrogens with zero attached hydrogens (tertiary/aromatic N) is 2. The predicted octanol–water partition coefficient (Wildman–Crippen LogP) is 3.07. The van der Waals surface area contributed by atoms with E-state index >= 15 is 0 Å². The number of halogens is 3. The fraction of sp³-hybridized carbons (Fsp3) is 0.273. The van der Waals surface area contributed by atoms with Crippen molar-refractivity contribution in [3.8, 4) is 10.9 Å². The van der Waals surface area contributed by atoms with Crippen molar-refractivity contribution in [3.63, 3.8) is 0 Å². The summed E-state index contributed by atoms with van der Waals surface area (Å²) in [4.78, 5) is 0. The van der Waals surface area contributed by atoms with Gasteiger partial charge in [0.1, 0.15) is 5.75 Å². The van der Waals surface area contributed by atoms with E-state index in [9.17, 15) is 13.2 Å². The highest BCUT2D eigenvalue weighted by molar-refractivity contribution is 7.13. The minimum absolute atomic E-state index is 0.131. The molecule has 19 heavy (non-hydrogen) atoms. The van der Waals surface area contributed by atoms with Crippen LogP contribution < -0.4 is 10.1 Å². The number of nitrogens with one attached hydrogen (secondary N) is 1. The second kappa shape index (κ2) is 5.54. The fourth-order valence-electron chi connectivity index (χ4n) is 1.35. The van der Waals surface area contributed by atoms with Crippen molar-refractivity contribution in [1.29, 1.82) is 0 Å². The van der Waals surface area contributed by atoms with Crippen LogP contribution in [0.4, 0.5) is 13.2 Å². The van der Waals surface area contributed by atoms with Gasteiger partial charge in [-0.25, -0.2) is 0 Å². The van der Waals surface area contributed by atoms with Crippen LogP contribution in [0.25, 0.3) is 0 Å². The Morgan fingerprint density at radius 1 is 1.21 bits per heavy atom. The van der Waals surface area contributed by atoms with Gasteiger partial charge in [-0.3, -0.25) is 0 Å². The first-order valence-electron chi connectivity index (χ1n) is 5.31. The van der Waals surface area contributed by atoms with Crippen LogP contribution in [0.3, 0.4) is 0 Å². The lowest BCUT2D eigenvalue weighted by molar-refractivity contribution is -0.138. The van der Waals surface area contributed by atoms with Crippen molar-refractivity contribution in [2.24, 2.45) is 0 Å². The molecule has 0 bridgehead atoms. The van der Waals surface area contributed by atoms with Crippen molar-refractivity contribution in [2.45, 2.75) is 12.7 Å². The first-order chi connectivity index (χ1) is 8.99. The predicted molar refractivity (Wildman–Crippen MR) is 64.2 cm³/mol. The topological polar surface area (TPSA) is 47.0 Å². The molecule has 1 heterocycles. The summed E-state index contributed by atoms with van der Waals surface area (Å²) in [6.45, 7) is 0.706. The van der Waals surface area contributed by atoms with Crippen LogP contribution in [0.15, 0.2) is 24.3 Å². The number of benzene rings is 1. The Kier molecular flexibility index (Phi) is 4.01. The van der Waals surface area contributed by atoms with Crippen molar-refractivity contribution < 1.29 is 17.9 Å². The van der Waals surface area contributed by atoms with E-state index < -0.39 is 11.2 Å². The van der Waals surface area contributed by atoms with Crippen LogP contribution in [-0.2, 0) is 12.7 Å². The molecule has 0 saturated heterocycles. The average molecular weight is 289 g/mol. The van der Waals surface area contributed by atoms with E-state index in [2.05, 4.69) is 15.5 Å². The van der Waals surface area contributed by atoms with Gasteiger partial charge in [0, 0.05) is 6.54 Å². The van der Waals surface area contributed by atoms with Crippen LogP contribution in [0.5, 0.6) is 10.9 Å². The number of hydrogen-bond donors (Lipinski definition) is 1. The van der Waals surface area contributed by atoms with Gasteiger partial charge in [-0.1, -0.05) is 28.6 Å². The molecule has 0 saturated carbocycles. The molecule has 0 aliphatic heterocycles. The maximum absolute atomic E-state index is 12.3. The molecule has 102 valence electrons. The van der Waals surface area contributed by atoms with Gasteiger partial charge in [-0.15, -0.1) is 5.10 Å². The highest BCUT2D eigenvalue weighted by atomic mass is 32.1. The smallest absolute Gasteiger partial charge is 0.430 e. The summed E-state index contributed by atoms with van der Waals surface area (Å²) in [5, 5.41) is 8.23. The second-order valence-corrected chi connectivity index (χ2v) is 4.59. The van der Waals surface area contributed by atoms with Gasteiger partial charge < -0.3 is 10.1 Å². The summed E-state index contributed by atoms with van der Waals surface area (Å²) >= 11 is 0.367. The third kappa shape index (κ3) is 3.65. The zero-order valence-corrected chi connectivity index (χ0v) is 10.7. The zero-order chi connectivity index (χ0) is 13.9. The Bertz CT molecular complexity index is 539. The SMILES string of the molecule is CNCc1ccc(Oc2nnc(C(F)(F)F)s2)cc1. The van der Waals surface area contributed by atoms with Crippen LogP contribution in [0, 0.1) is 0 Å². The molecule has 0 spiro atoms. The molecule has 2 rings (SSSR count). The Balaban J connectivity index is 2.06. The van der Waals surface area contributed by atoms with E-state index in [0.29, 0.717) is 23.6 Å². The van der Waals surface area contributed by atoms with E-state index in [-0.39, 0.29) is 5.19 Å². The lowest BCUT2D eigenvalue weighted by Gasteiger charge is -2.03. The molecule has 8 heteroatoms. The maximum atomic E-state index is 12.3. The monoisotopic (exact) mass is 289 g/mol. The van der Waals surface area contributed by atoms with Crippen molar-refractivity contribution >= 4 is 11.3 Å². The largest absolute Gasteiger partial charge is 0.445 e. The lowest BCUT2D eigenvalue weighted by atomic mass is 10.2. The first-order valence-corrected chi connectivity index (χ1v) is 6.13. The molecule has 4 nitrogen and oxygen atoms in total. The molecule has 0 atom stereocenters.